The Hall–Kier alpha value is -2.57. The first-order valence-corrected chi connectivity index (χ1v) is 7.50. The second-order valence-corrected chi connectivity index (χ2v) is 5.63. The lowest BCUT2D eigenvalue weighted by Gasteiger charge is -2.26. The fraction of sp³-hybridized carbons (Fsp3) is 0.438. The zero-order valence-corrected chi connectivity index (χ0v) is 12.7. The monoisotopic (exact) mass is 320 g/mol. The average Bonchev–Trinajstić information content (AvgIpc) is 2.54. The van der Waals surface area contributed by atoms with Crippen LogP contribution in [0.15, 0.2) is 24.3 Å². The molecule has 4 N–H and O–H groups in total. The van der Waals surface area contributed by atoms with Crippen LogP contribution in [0.5, 0.6) is 5.75 Å². The van der Waals surface area contributed by atoms with Crippen LogP contribution in [0.3, 0.4) is 0 Å². The number of nitrogens with two attached hydrogens (primary N) is 1. The number of amides is 2. The first-order valence-electron chi connectivity index (χ1n) is 7.50. The highest BCUT2D eigenvalue weighted by atomic mass is 16.5. The van der Waals surface area contributed by atoms with Gasteiger partial charge in [-0.3, -0.25) is 14.4 Å². The molecule has 7 heteroatoms. The normalized spacial score (nSPS) is 20.5. The van der Waals surface area contributed by atoms with Gasteiger partial charge >= 0.3 is 5.97 Å². The maximum Gasteiger partial charge on any atom is 0.306 e. The lowest BCUT2D eigenvalue weighted by atomic mass is 9.86. The van der Waals surface area contributed by atoms with E-state index in [0.717, 1.165) is 0 Å². The minimum Gasteiger partial charge on any atom is -0.484 e. The zero-order chi connectivity index (χ0) is 16.8. The molecule has 0 aromatic heterocycles. The van der Waals surface area contributed by atoms with E-state index in [0.29, 0.717) is 37.0 Å². The van der Waals surface area contributed by atoms with E-state index in [4.69, 9.17) is 15.6 Å². The molecule has 124 valence electrons. The Morgan fingerprint density at radius 2 is 1.74 bits per heavy atom. The standard InChI is InChI=1S/C16H20N2O5/c17-15(20)10-3-7-13(8-4-10)23-9-14(19)18-12-5-1-11(2-6-12)16(21)22/h3-4,7-8,11-12H,1-2,5-6,9H2,(H2,17,20)(H,18,19)(H,21,22). The fourth-order valence-electron chi connectivity index (χ4n) is 2.62. The van der Waals surface area contributed by atoms with E-state index in [1.54, 1.807) is 12.1 Å². The third kappa shape index (κ3) is 4.98. The summed E-state index contributed by atoms with van der Waals surface area (Å²) >= 11 is 0. The molecule has 0 radical (unpaired) electrons. The number of rotatable bonds is 6. The van der Waals surface area contributed by atoms with Crippen LogP contribution in [0.4, 0.5) is 0 Å². The summed E-state index contributed by atoms with van der Waals surface area (Å²) in [6.45, 7) is -0.130. The molecule has 0 unspecified atom stereocenters. The Balaban J connectivity index is 1.73. The van der Waals surface area contributed by atoms with Crippen LogP contribution < -0.4 is 15.8 Å². The topological polar surface area (TPSA) is 119 Å². The van der Waals surface area contributed by atoms with E-state index in [1.165, 1.54) is 12.1 Å². The molecule has 23 heavy (non-hydrogen) atoms. The van der Waals surface area contributed by atoms with Crippen LogP contribution in [-0.4, -0.2) is 35.5 Å². The van der Waals surface area contributed by atoms with Crippen molar-refractivity contribution < 1.29 is 24.2 Å². The van der Waals surface area contributed by atoms with Crippen LogP contribution >= 0.6 is 0 Å². The summed E-state index contributed by atoms with van der Waals surface area (Å²) in [5, 5.41) is 11.8. The predicted octanol–water partition coefficient (Wildman–Crippen LogP) is 0.924. The van der Waals surface area contributed by atoms with Gasteiger partial charge in [0.2, 0.25) is 5.91 Å². The molecule has 1 aliphatic carbocycles. The van der Waals surface area contributed by atoms with Gasteiger partial charge in [0.15, 0.2) is 6.61 Å². The summed E-state index contributed by atoms with van der Waals surface area (Å²) < 4.78 is 5.35. The second kappa shape index (κ2) is 7.62. The molecule has 1 aromatic rings. The van der Waals surface area contributed by atoms with Gasteiger partial charge < -0.3 is 20.9 Å². The molecule has 1 fully saturated rings. The summed E-state index contributed by atoms with van der Waals surface area (Å²) in [6, 6.07) is 6.21. The van der Waals surface area contributed by atoms with E-state index in [2.05, 4.69) is 5.32 Å². The Morgan fingerprint density at radius 1 is 1.13 bits per heavy atom. The summed E-state index contributed by atoms with van der Waals surface area (Å²) in [4.78, 5) is 33.7. The SMILES string of the molecule is NC(=O)c1ccc(OCC(=O)NC2CCC(C(=O)O)CC2)cc1. The lowest BCUT2D eigenvalue weighted by molar-refractivity contribution is -0.142. The number of primary amides is 1. The maximum absolute atomic E-state index is 11.8. The predicted molar refractivity (Wildman–Crippen MR) is 82.0 cm³/mol. The van der Waals surface area contributed by atoms with Crippen molar-refractivity contribution >= 4 is 17.8 Å². The minimum absolute atomic E-state index is 0.000984. The number of nitrogens with one attached hydrogen (secondary N) is 1. The Labute approximate surface area is 133 Å². The van der Waals surface area contributed by atoms with Crippen molar-refractivity contribution in [3.05, 3.63) is 29.8 Å². The van der Waals surface area contributed by atoms with Crippen molar-refractivity contribution in [2.75, 3.05) is 6.61 Å². The first-order chi connectivity index (χ1) is 11.0. The highest BCUT2D eigenvalue weighted by Gasteiger charge is 2.26. The van der Waals surface area contributed by atoms with E-state index < -0.39 is 11.9 Å². The van der Waals surface area contributed by atoms with Gasteiger partial charge in [0.25, 0.3) is 5.91 Å². The van der Waals surface area contributed by atoms with Crippen LogP contribution in [0.25, 0.3) is 0 Å². The fourth-order valence-corrected chi connectivity index (χ4v) is 2.62. The maximum atomic E-state index is 11.8. The van der Waals surface area contributed by atoms with Crippen molar-refractivity contribution in [3.63, 3.8) is 0 Å². The van der Waals surface area contributed by atoms with Gasteiger partial charge in [-0.05, 0) is 49.9 Å². The van der Waals surface area contributed by atoms with Crippen LogP contribution in [0, 0.1) is 5.92 Å². The molecule has 0 heterocycles. The molecular weight excluding hydrogens is 300 g/mol. The Bertz CT molecular complexity index is 577. The molecule has 1 saturated carbocycles. The number of hydrogen-bond acceptors (Lipinski definition) is 4. The van der Waals surface area contributed by atoms with Gasteiger partial charge in [0.1, 0.15) is 5.75 Å². The van der Waals surface area contributed by atoms with Crippen LogP contribution in [-0.2, 0) is 9.59 Å². The largest absolute Gasteiger partial charge is 0.484 e. The summed E-state index contributed by atoms with van der Waals surface area (Å²) in [7, 11) is 0. The molecule has 1 aliphatic rings. The number of carboxylic acid groups (broad SMARTS) is 1. The van der Waals surface area contributed by atoms with Crippen molar-refractivity contribution in [3.8, 4) is 5.75 Å². The molecule has 1 aromatic carbocycles. The number of carbonyl (C=O) groups excluding carboxylic acids is 2. The number of benzene rings is 1. The summed E-state index contributed by atoms with van der Waals surface area (Å²) in [5.41, 5.74) is 5.51. The van der Waals surface area contributed by atoms with E-state index in [9.17, 15) is 14.4 Å². The first kappa shape index (κ1) is 16.8. The van der Waals surface area contributed by atoms with E-state index in [-0.39, 0.29) is 24.5 Å². The van der Waals surface area contributed by atoms with E-state index in [1.807, 2.05) is 0 Å². The quantitative estimate of drug-likeness (QED) is 0.720. The van der Waals surface area contributed by atoms with Crippen molar-refractivity contribution in [1.29, 1.82) is 0 Å². The van der Waals surface area contributed by atoms with Gasteiger partial charge in [0, 0.05) is 11.6 Å². The smallest absolute Gasteiger partial charge is 0.306 e. The Morgan fingerprint density at radius 3 is 2.26 bits per heavy atom. The molecular formula is C16H20N2O5. The van der Waals surface area contributed by atoms with Gasteiger partial charge in [-0.15, -0.1) is 0 Å². The molecule has 2 amide bonds. The number of carbonyl (C=O) groups is 3. The van der Waals surface area contributed by atoms with Gasteiger partial charge in [0.05, 0.1) is 5.92 Å². The van der Waals surface area contributed by atoms with Gasteiger partial charge in [-0.2, -0.15) is 0 Å². The van der Waals surface area contributed by atoms with Crippen molar-refractivity contribution in [2.24, 2.45) is 11.7 Å². The van der Waals surface area contributed by atoms with Gasteiger partial charge in [-0.1, -0.05) is 0 Å². The number of aliphatic carboxylic acids is 1. The molecule has 2 rings (SSSR count). The molecule has 0 atom stereocenters. The van der Waals surface area contributed by atoms with E-state index >= 15 is 0 Å². The number of hydrogen-bond donors (Lipinski definition) is 3. The molecule has 0 spiro atoms. The number of ether oxygens (including phenoxy) is 1. The molecule has 0 bridgehead atoms. The third-order valence-electron chi connectivity index (χ3n) is 3.95. The minimum atomic E-state index is -0.766. The summed E-state index contributed by atoms with van der Waals surface area (Å²) in [6.07, 6.45) is 2.48. The second-order valence-electron chi connectivity index (χ2n) is 5.63. The zero-order valence-electron chi connectivity index (χ0n) is 12.7. The molecule has 7 nitrogen and oxygen atoms in total. The van der Waals surface area contributed by atoms with Crippen molar-refractivity contribution in [2.45, 2.75) is 31.7 Å². The number of carboxylic acids is 1. The van der Waals surface area contributed by atoms with Gasteiger partial charge in [-0.25, -0.2) is 0 Å². The van der Waals surface area contributed by atoms with Crippen LogP contribution in [0.1, 0.15) is 36.0 Å². The summed E-state index contributed by atoms with van der Waals surface area (Å²) in [5.74, 6) is -1.37. The highest BCUT2D eigenvalue weighted by molar-refractivity contribution is 5.92. The Kier molecular flexibility index (Phi) is 5.56. The van der Waals surface area contributed by atoms with Crippen LogP contribution in [0.2, 0.25) is 0 Å². The highest BCUT2D eigenvalue weighted by Crippen LogP contribution is 2.24. The van der Waals surface area contributed by atoms with Crippen molar-refractivity contribution in [1.82, 2.24) is 5.32 Å². The lowest BCUT2D eigenvalue weighted by Crippen LogP contribution is -2.40. The third-order valence-corrected chi connectivity index (χ3v) is 3.95. The molecule has 0 saturated heterocycles. The average molecular weight is 320 g/mol. The molecule has 0 aliphatic heterocycles.